The fraction of sp³-hybridized carbons (Fsp3) is 0.750. The first kappa shape index (κ1) is 12.8. The molecule has 0 saturated carbocycles. The van der Waals surface area contributed by atoms with Crippen molar-refractivity contribution in [2.45, 2.75) is 32.4 Å². The zero-order chi connectivity index (χ0) is 13.2. The van der Waals surface area contributed by atoms with Crippen LogP contribution in [0.15, 0.2) is 0 Å². The summed E-state index contributed by atoms with van der Waals surface area (Å²) in [6.45, 7) is 6.56. The van der Waals surface area contributed by atoms with Crippen LogP contribution in [0, 0.1) is 0 Å². The molecule has 1 unspecified atom stereocenters. The Hall–Kier alpha value is -1.21. The second-order valence-corrected chi connectivity index (χ2v) is 5.85. The van der Waals surface area contributed by atoms with Gasteiger partial charge in [-0.1, -0.05) is 4.49 Å². The summed E-state index contributed by atoms with van der Waals surface area (Å²) in [6, 6.07) is 0.412. The number of hydrogen-bond donors (Lipinski definition) is 1. The summed E-state index contributed by atoms with van der Waals surface area (Å²) >= 11 is 1.42. The maximum absolute atomic E-state index is 11.6. The van der Waals surface area contributed by atoms with Crippen LogP contribution in [-0.4, -0.2) is 57.5 Å². The van der Waals surface area contributed by atoms with Crippen LogP contribution < -0.4 is 5.32 Å². The van der Waals surface area contributed by atoms with Crippen molar-refractivity contribution in [1.82, 2.24) is 19.4 Å². The summed E-state index contributed by atoms with van der Waals surface area (Å²) in [4.78, 5) is 16.1. The van der Waals surface area contributed by atoms with E-state index in [0.717, 1.165) is 56.3 Å². The molecular weight excluding hydrogens is 262 g/mol. The van der Waals surface area contributed by atoms with Gasteiger partial charge in [-0.15, -0.1) is 5.10 Å². The van der Waals surface area contributed by atoms with Crippen LogP contribution in [0.4, 0.5) is 5.00 Å². The third kappa shape index (κ3) is 2.57. The van der Waals surface area contributed by atoms with Gasteiger partial charge in [0, 0.05) is 56.7 Å². The van der Waals surface area contributed by atoms with Gasteiger partial charge < -0.3 is 10.2 Å². The van der Waals surface area contributed by atoms with Crippen LogP contribution in [0.2, 0.25) is 0 Å². The van der Waals surface area contributed by atoms with Crippen molar-refractivity contribution < 1.29 is 4.79 Å². The normalized spacial score (nSPS) is 23.7. The van der Waals surface area contributed by atoms with E-state index < -0.39 is 0 Å². The molecular formula is C12H19N5OS. The standard InChI is InChI=1S/C12H19N5OS/c1-2-13-12-10(14-15-19-12)8-16-5-6-17-9(7-16)3-4-11(17)18/h9,13H,2-8H2,1H3. The topological polar surface area (TPSA) is 61.4 Å². The van der Waals surface area contributed by atoms with Crippen molar-refractivity contribution in [3.8, 4) is 0 Å². The first-order valence-electron chi connectivity index (χ1n) is 6.85. The van der Waals surface area contributed by atoms with Crippen molar-refractivity contribution in [2.75, 3.05) is 31.5 Å². The Morgan fingerprint density at radius 2 is 2.37 bits per heavy atom. The Balaban J connectivity index is 1.62. The van der Waals surface area contributed by atoms with E-state index in [-0.39, 0.29) is 0 Å². The smallest absolute Gasteiger partial charge is 0.222 e. The average Bonchev–Trinajstić information content (AvgIpc) is 2.98. The zero-order valence-corrected chi connectivity index (χ0v) is 11.9. The van der Waals surface area contributed by atoms with Gasteiger partial charge in [-0.25, -0.2) is 0 Å². The SMILES string of the molecule is CCNc1snnc1CN1CCN2C(=O)CCC2C1. The fourth-order valence-electron chi connectivity index (χ4n) is 2.89. The Morgan fingerprint density at radius 3 is 3.21 bits per heavy atom. The van der Waals surface area contributed by atoms with E-state index in [1.807, 2.05) is 4.90 Å². The molecule has 0 radical (unpaired) electrons. The number of piperazine rings is 1. The quantitative estimate of drug-likeness (QED) is 0.883. The van der Waals surface area contributed by atoms with Crippen LogP contribution in [0.1, 0.15) is 25.5 Å². The molecule has 1 amide bonds. The number of nitrogens with zero attached hydrogens (tertiary/aromatic N) is 4. The number of hydrogen-bond acceptors (Lipinski definition) is 6. The molecule has 0 bridgehead atoms. The van der Waals surface area contributed by atoms with Gasteiger partial charge in [-0.2, -0.15) is 0 Å². The largest absolute Gasteiger partial charge is 0.374 e. The first-order chi connectivity index (χ1) is 9.28. The monoisotopic (exact) mass is 281 g/mol. The summed E-state index contributed by atoms with van der Waals surface area (Å²) in [7, 11) is 0. The Morgan fingerprint density at radius 1 is 1.47 bits per heavy atom. The number of anilines is 1. The molecule has 2 aliphatic rings. The highest BCUT2D eigenvalue weighted by Gasteiger charge is 2.35. The minimum Gasteiger partial charge on any atom is -0.374 e. The Kier molecular flexibility index (Phi) is 3.65. The molecule has 2 fully saturated rings. The number of fused-ring (bicyclic) bond motifs is 1. The van der Waals surface area contributed by atoms with Gasteiger partial charge in [0.25, 0.3) is 0 Å². The van der Waals surface area contributed by atoms with E-state index >= 15 is 0 Å². The highest BCUT2D eigenvalue weighted by atomic mass is 32.1. The van der Waals surface area contributed by atoms with E-state index in [2.05, 4.69) is 26.7 Å². The predicted octanol–water partition coefficient (Wildman–Crippen LogP) is 0.776. The molecule has 6 nitrogen and oxygen atoms in total. The lowest BCUT2D eigenvalue weighted by molar-refractivity contribution is -0.130. The lowest BCUT2D eigenvalue weighted by Crippen LogP contribution is -2.51. The molecule has 3 heterocycles. The van der Waals surface area contributed by atoms with E-state index in [1.165, 1.54) is 11.5 Å². The molecule has 19 heavy (non-hydrogen) atoms. The lowest BCUT2D eigenvalue weighted by Gasteiger charge is -2.37. The molecule has 0 aliphatic carbocycles. The zero-order valence-electron chi connectivity index (χ0n) is 11.1. The lowest BCUT2D eigenvalue weighted by atomic mass is 10.1. The first-order valence-corrected chi connectivity index (χ1v) is 7.62. The van der Waals surface area contributed by atoms with Crippen molar-refractivity contribution >= 4 is 22.4 Å². The minimum atomic E-state index is 0.327. The summed E-state index contributed by atoms with van der Waals surface area (Å²) in [5.74, 6) is 0.327. The predicted molar refractivity (Wildman–Crippen MR) is 74.1 cm³/mol. The summed E-state index contributed by atoms with van der Waals surface area (Å²) < 4.78 is 4.02. The van der Waals surface area contributed by atoms with Gasteiger partial charge in [0.15, 0.2) is 0 Å². The molecule has 1 atom stereocenters. The molecule has 0 aromatic carbocycles. The summed E-state index contributed by atoms with van der Waals surface area (Å²) in [5.41, 5.74) is 1.03. The van der Waals surface area contributed by atoms with E-state index in [0.29, 0.717) is 11.9 Å². The van der Waals surface area contributed by atoms with Crippen molar-refractivity contribution in [3.63, 3.8) is 0 Å². The minimum absolute atomic E-state index is 0.327. The highest BCUT2D eigenvalue weighted by Crippen LogP contribution is 2.25. The molecule has 2 aliphatic heterocycles. The number of carbonyl (C=O) groups excluding carboxylic acids is 1. The highest BCUT2D eigenvalue weighted by molar-refractivity contribution is 7.10. The average molecular weight is 281 g/mol. The molecule has 2 saturated heterocycles. The number of rotatable bonds is 4. The molecule has 1 N–H and O–H groups in total. The number of aromatic nitrogens is 2. The molecule has 3 rings (SSSR count). The van der Waals surface area contributed by atoms with Gasteiger partial charge in [-0.3, -0.25) is 9.69 Å². The van der Waals surface area contributed by atoms with Crippen molar-refractivity contribution in [3.05, 3.63) is 5.69 Å². The fourth-order valence-corrected chi connectivity index (χ4v) is 3.53. The van der Waals surface area contributed by atoms with Crippen LogP contribution in [0.5, 0.6) is 0 Å². The van der Waals surface area contributed by atoms with E-state index in [1.54, 1.807) is 0 Å². The van der Waals surface area contributed by atoms with Gasteiger partial charge in [0.2, 0.25) is 5.91 Å². The third-order valence-corrected chi connectivity index (χ3v) is 4.57. The molecule has 1 aromatic heterocycles. The number of nitrogens with one attached hydrogen (secondary N) is 1. The maximum Gasteiger partial charge on any atom is 0.222 e. The van der Waals surface area contributed by atoms with Crippen molar-refractivity contribution in [1.29, 1.82) is 0 Å². The van der Waals surface area contributed by atoms with Gasteiger partial charge in [0.05, 0.1) is 0 Å². The molecule has 0 spiro atoms. The van der Waals surface area contributed by atoms with Gasteiger partial charge >= 0.3 is 0 Å². The second-order valence-electron chi connectivity index (χ2n) is 5.09. The van der Waals surface area contributed by atoms with Crippen LogP contribution in [0.3, 0.4) is 0 Å². The van der Waals surface area contributed by atoms with Gasteiger partial charge in [0.1, 0.15) is 10.7 Å². The van der Waals surface area contributed by atoms with E-state index in [9.17, 15) is 4.79 Å². The third-order valence-electron chi connectivity index (χ3n) is 3.85. The molecule has 104 valence electrons. The Labute approximate surface area is 116 Å². The van der Waals surface area contributed by atoms with Crippen LogP contribution in [-0.2, 0) is 11.3 Å². The van der Waals surface area contributed by atoms with E-state index in [4.69, 9.17) is 0 Å². The number of carbonyl (C=O) groups is 1. The summed E-state index contributed by atoms with van der Waals surface area (Å²) in [6.07, 6.45) is 1.73. The van der Waals surface area contributed by atoms with Crippen LogP contribution >= 0.6 is 11.5 Å². The molecule has 7 heteroatoms. The maximum atomic E-state index is 11.6. The second kappa shape index (κ2) is 5.42. The van der Waals surface area contributed by atoms with Crippen molar-refractivity contribution in [2.24, 2.45) is 0 Å². The van der Waals surface area contributed by atoms with Crippen LogP contribution in [0.25, 0.3) is 0 Å². The number of amides is 1. The molecule has 1 aromatic rings. The summed E-state index contributed by atoms with van der Waals surface area (Å²) in [5, 5.41) is 8.59. The van der Waals surface area contributed by atoms with Gasteiger partial charge in [-0.05, 0) is 13.3 Å². The Bertz CT molecular complexity index is 463.